The number of aliphatic hydroxyl groups is 1. The molecule has 1 aliphatic rings. The quantitative estimate of drug-likeness (QED) is 0.547. The first kappa shape index (κ1) is 20.9. The average Bonchev–Trinajstić information content (AvgIpc) is 2.77. The molecule has 29 heavy (non-hydrogen) atoms. The molecule has 0 aliphatic carbocycles. The van der Waals surface area contributed by atoms with Crippen molar-refractivity contribution in [3.05, 3.63) is 59.7 Å². The van der Waals surface area contributed by atoms with Gasteiger partial charge in [-0.25, -0.2) is 0 Å². The van der Waals surface area contributed by atoms with E-state index in [1.54, 1.807) is 31.4 Å². The van der Waals surface area contributed by atoms with Crippen molar-refractivity contribution < 1.29 is 19.4 Å². The summed E-state index contributed by atoms with van der Waals surface area (Å²) in [6.45, 7) is 4.25. The highest BCUT2D eigenvalue weighted by Crippen LogP contribution is 2.28. The Kier molecular flexibility index (Phi) is 7.27. The predicted molar refractivity (Wildman–Crippen MR) is 115 cm³/mol. The summed E-state index contributed by atoms with van der Waals surface area (Å²) >= 11 is 0. The zero-order valence-electron chi connectivity index (χ0n) is 17.0. The number of benzene rings is 2. The van der Waals surface area contributed by atoms with Crippen LogP contribution in [0, 0.1) is 0 Å². The number of methoxy groups -OCH3 is 1. The number of ether oxygens (including phenoxy) is 2. The molecule has 1 fully saturated rings. The topological polar surface area (TPSA) is 62.2 Å². The van der Waals surface area contributed by atoms with Crippen molar-refractivity contribution in [2.24, 2.45) is 0 Å². The number of carbonyl (C=O) groups is 1. The number of carbonyl (C=O) groups excluding carboxylic acids is 1. The molecule has 6 nitrogen and oxygen atoms in total. The fraction of sp³-hybridized carbons (Fsp3) is 0.348. The molecular weight excluding hydrogens is 368 g/mol. The molecule has 1 aliphatic heterocycles. The third-order valence-electron chi connectivity index (χ3n) is 4.98. The molecule has 2 aromatic carbocycles. The van der Waals surface area contributed by atoms with Crippen molar-refractivity contribution in [3.63, 3.8) is 0 Å². The zero-order valence-corrected chi connectivity index (χ0v) is 17.0. The number of likely N-dealkylation sites (N-methyl/N-ethyl adjacent to an activating group) is 1. The van der Waals surface area contributed by atoms with E-state index in [0.717, 1.165) is 37.4 Å². The van der Waals surface area contributed by atoms with Gasteiger partial charge in [0.1, 0.15) is 6.61 Å². The van der Waals surface area contributed by atoms with Crippen LogP contribution in [0.2, 0.25) is 0 Å². The Morgan fingerprint density at radius 1 is 1.07 bits per heavy atom. The van der Waals surface area contributed by atoms with Gasteiger partial charge in [0.2, 0.25) is 0 Å². The zero-order chi connectivity index (χ0) is 20.6. The summed E-state index contributed by atoms with van der Waals surface area (Å²) in [5.41, 5.74) is 2.65. The number of hydrogen-bond acceptors (Lipinski definition) is 6. The van der Waals surface area contributed by atoms with Crippen molar-refractivity contribution >= 4 is 17.5 Å². The third kappa shape index (κ3) is 5.59. The van der Waals surface area contributed by atoms with Crippen LogP contribution >= 0.6 is 0 Å². The summed E-state index contributed by atoms with van der Waals surface area (Å²) in [7, 11) is 3.69. The van der Waals surface area contributed by atoms with Crippen LogP contribution in [-0.4, -0.2) is 69.3 Å². The molecule has 1 saturated heterocycles. The number of hydrogen-bond donors (Lipinski definition) is 1. The number of nitrogens with zero attached hydrogens (tertiary/aromatic N) is 2. The molecule has 0 atom stereocenters. The normalized spacial score (nSPS) is 14.9. The second-order valence-electron chi connectivity index (χ2n) is 7.02. The van der Waals surface area contributed by atoms with Gasteiger partial charge >= 0.3 is 0 Å². The van der Waals surface area contributed by atoms with Crippen molar-refractivity contribution in [1.82, 2.24) is 4.90 Å². The smallest absolute Gasteiger partial charge is 0.185 e. The Hall–Kier alpha value is -2.83. The van der Waals surface area contributed by atoms with Gasteiger partial charge in [0.25, 0.3) is 0 Å². The fourth-order valence-corrected chi connectivity index (χ4v) is 3.23. The van der Waals surface area contributed by atoms with Gasteiger partial charge in [-0.05, 0) is 55.1 Å². The summed E-state index contributed by atoms with van der Waals surface area (Å²) in [5.74, 6) is 1.07. The van der Waals surface area contributed by atoms with Crippen LogP contribution in [0.3, 0.4) is 0 Å². The molecule has 0 saturated carbocycles. The lowest BCUT2D eigenvalue weighted by Gasteiger charge is -2.34. The van der Waals surface area contributed by atoms with Crippen molar-refractivity contribution in [1.29, 1.82) is 0 Å². The predicted octanol–water partition coefficient (Wildman–Crippen LogP) is 2.71. The van der Waals surface area contributed by atoms with E-state index in [0.29, 0.717) is 17.1 Å². The average molecular weight is 396 g/mol. The van der Waals surface area contributed by atoms with Gasteiger partial charge in [0.15, 0.2) is 17.3 Å². The summed E-state index contributed by atoms with van der Waals surface area (Å²) in [5, 5.41) is 8.88. The molecule has 0 amide bonds. The maximum absolute atomic E-state index is 12.5. The molecule has 154 valence electrons. The van der Waals surface area contributed by atoms with E-state index >= 15 is 0 Å². The Bertz CT molecular complexity index is 840. The van der Waals surface area contributed by atoms with Gasteiger partial charge in [-0.1, -0.05) is 12.1 Å². The largest absolute Gasteiger partial charge is 0.493 e. The molecule has 1 N–H and O–H groups in total. The second kappa shape index (κ2) is 10.1. The molecular formula is C23H28N2O4. The molecule has 0 radical (unpaired) electrons. The van der Waals surface area contributed by atoms with Crippen molar-refractivity contribution in [2.45, 2.75) is 0 Å². The molecule has 0 bridgehead atoms. The van der Waals surface area contributed by atoms with Crippen molar-refractivity contribution in [3.8, 4) is 11.5 Å². The van der Waals surface area contributed by atoms with Crippen LogP contribution in [0.15, 0.2) is 48.5 Å². The van der Waals surface area contributed by atoms with Crippen LogP contribution in [-0.2, 0) is 0 Å². The third-order valence-corrected chi connectivity index (χ3v) is 4.98. The lowest BCUT2D eigenvalue weighted by atomic mass is 10.1. The first-order chi connectivity index (χ1) is 14.1. The van der Waals surface area contributed by atoms with E-state index in [1.807, 2.05) is 30.3 Å². The van der Waals surface area contributed by atoms with Crippen molar-refractivity contribution in [2.75, 3.05) is 58.5 Å². The first-order valence-corrected chi connectivity index (χ1v) is 9.78. The number of anilines is 1. The highest BCUT2D eigenvalue weighted by Gasteiger charge is 2.14. The van der Waals surface area contributed by atoms with Crippen LogP contribution < -0.4 is 14.4 Å². The standard InChI is InChI=1S/C23H28N2O4/c1-24-11-13-25(14-12-24)20-7-5-19(6-8-20)21(27)9-3-18-4-10-22(29-16-15-26)23(17-18)28-2/h3-10,17,26H,11-16H2,1-2H3/b9-3+. The fourth-order valence-electron chi connectivity index (χ4n) is 3.23. The maximum atomic E-state index is 12.5. The van der Waals surface area contributed by atoms with Gasteiger partial charge in [-0.3, -0.25) is 4.79 Å². The summed E-state index contributed by atoms with van der Waals surface area (Å²) in [6.07, 6.45) is 3.32. The monoisotopic (exact) mass is 396 g/mol. The van der Waals surface area contributed by atoms with E-state index in [2.05, 4.69) is 16.8 Å². The lowest BCUT2D eigenvalue weighted by molar-refractivity contribution is 0.104. The van der Waals surface area contributed by atoms with Gasteiger partial charge < -0.3 is 24.4 Å². The van der Waals surface area contributed by atoms with Gasteiger partial charge in [0, 0.05) is 37.4 Å². The lowest BCUT2D eigenvalue weighted by Crippen LogP contribution is -2.44. The Balaban J connectivity index is 1.64. The van der Waals surface area contributed by atoms with E-state index in [4.69, 9.17) is 14.6 Å². The second-order valence-corrected chi connectivity index (χ2v) is 7.02. The minimum Gasteiger partial charge on any atom is -0.493 e. The molecule has 2 aromatic rings. The molecule has 3 rings (SSSR count). The number of ketones is 1. The van der Waals surface area contributed by atoms with E-state index in [9.17, 15) is 4.79 Å². The minimum absolute atomic E-state index is 0.0468. The molecule has 1 heterocycles. The van der Waals surface area contributed by atoms with E-state index in [-0.39, 0.29) is 19.0 Å². The van der Waals surface area contributed by atoms with Gasteiger partial charge in [-0.2, -0.15) is 0 Å². The van der Waals surface area contributed by atoms with E-state index in [1.165, 1.54) is 0 Å². The molecule has 6 heteroatoms. The van der Waals surface area contributed by atoms with Crippen LogP contribution in [0.1, 0.15) is 15.9 Å². The van der Waals surface area contributed by atoms with Crippen LogP contribution in [0.5, 0.6) is 11.5 Å². The van der Waals surface area contributed by atoms with E-state index < -0.39 is 0 Å². The van der Waals surface area contributed by atoms with Gasteiger partial charge in [-0.15, -0.1) is 0 Å². The maximum Gasteiger partial charge on any atom is 0.185 e. The minimum atomic E-state index is -0.0626. The first-order valence-electron chi connectivity index (χ1n) is 9.78. The highest BCUT2D eigenvalue weighted by molar-refractivity contribution is 6.07. The van der Waals surface area contributed by atoms with Crippen LogP contribution in [0.25, 0.3) is 6.08 Å². The number of rotatable bonds is 8. The Labute approximate surface area is 172 Å². The van der Waals surface area contributed by atoms with Crippen LogP contribution in [0.4, 0.5) is 5.69 Å². The Morgan fingerprint density at radius 3 is 2.45 bits per heavy atom. The summed E-state index contributed by atoms with van der Waals surface area (Å²) in [4.78, 5) is 17.2. The number of allylic oxidation sites excluding steroid dienone is 1. The van der Waals surface area contributed by atoms with Gasteiger partial charge in [0.05, 0.1) is 13.7 Å². The molecule has 0 spiro atoms. The SMILES string of the molecule is COc1cc(/C=C/C(=O)c2ccc(N3CCN(C)CC3)cc2)ccc1OCCO. The number of aliphatic hydroxyl groups excluding tert-OH is 1. The highest BCUT2D eigenvalue weighted by atomic mass is 16.5. The molecule has 0 unspecified atom stereocenters. The summed E-state index contributed by atoms with van der Waals surface area (Å²) in [6, 6.07) is 13.2. The number of piperazine rings is 1. The molecule has 0 aromatic heterocycles. The Morgan fingerprint density at radius 2 is 1.79 bits per heavy atom. The summed E-state index contributed by atoms with van der Waals surface area (Å²) < 4.78 is 10.7.